The van der Waals surface area contributed by atoms with Crippen molar-refractivity contribution in [3.8, 4) is 11.3 Å². The van der Waals surface area contributed by atoms with E-state index in [1.54, 1.807) is 28.0 Å². The Morgan fingerprint density at radius 3 is 2.71 bits per heavy atom. The Balaban J connectivity index is 1.57. The number of carbonyl (C=O) groups excluding carboxylic acids is 2. The number of aromatic nitrogens is 4. The first-order valence-electron chi connectivity index (χ1n) is 11.5. The number of rotatable bonds is 4. The molecular weight excluding hydrogens is 470 g/mol. The first kappa shape index (κ1) is 23.3. The molecule has 1 unspecified atom stereocenters. The van der Waals surface area contributed by atoms with Crippen LogP contribution in [0.5, 0.6) is 0 Å². The van der Waals surface area contributed by atoms with Crippen molar-refractivity contribution in [2.45, 2.75) is 18.9 Å². The molecule has 182 valence electrons. The van der Waals surface area contributed by atoms with E-state index < -0.39 is 0 Å². The fourth-order valence-corrected chi connectivity index (χ4v) is 4.97. The van der Waals surface area contributed by atoms with Gasteiger partial charge >= 0.3 is 0 Å². The molecule has 1 atom stereocenters. The molecule has 2 fully saturated rings. The summed E-state index contributed by atoms with van der Waals surface area (Å²) in [7, 11) is 0. The molecule has 0 bridgehead atoms. The number of morpholine rings is 1. The summed E-state index contributed by atoms with van der Waals surface area (Å²) in [5.74, 6) is 0.0598. The maximum atomic E-state index is 13.1. The van der Waals surface area contributed by atoms with Crippen LogP contribution in [0.25, 0.3) is 22.3 Å². The van der Waals surface area contributed by atoms with E-state index in [2.05, 4.69) is 16.5 Å². The lowest BCUT2D eigenvalue weighted by Gasteiger charge is -2.32. The van der Waals surface area contributed by atoms with E-state index in [9.17, 15) is 9.59 Å². The monoisotopic (exact) mass is 495 g/mol. The maximum absolute atomic E-state index is 13.1. The normalized spacial score (nSPS) is 18.6. The number of carbonyl (C=O) groups is 2. The molecule has 1 aromatic carbocycles. The van der Waals surface area contributed by atoms with Crippen molar-refractivity contribution in [1.82, 2.24) is 29.5 Å². The molecule has 2 saturated heterocycles. The largest absolute Gasteiger partial charge is 0.383 e. The van der Waals surface area contributed by atoms with Gasteiger partial charge in [-0.15, -0.1) is 0 Å². The molecule has 2 aliphatic heterocycles. The first-order chi connectivity index (χ1) is 17.0. The Labute approximate surface area is 207 Å². The zero-order chi connectivity index (χ0) is 24.5. The van der Waals surface area contributed by atoms with Gasteiger partial charge in [-0.05, 0) is 37.1 Å². The Morgan fingerprint density at radius 1 is 1.14 bits per heavy atom. The van der Waals surface area contributed by atoms with Crippen molar-refractivity contribution in [2.75, 3.05) is 45.1 Å². The minimum atomic E-state index is -0.115. The highest BCUT2D eigenvalue weighted by atomic mass is 35.5. The fraction of sp³-hybridized carbons (Fsp3) is 0.375. The number of nitrogens with zero attached hydrogens (tertiary/aromatic N) is 6. The second kappa shape index (κ2) is 9.63. The van der Waals surface area contributed by atoms with E-state index in [0.717, 1.165) is 12.8 Å². The van der Waals surface area contributed by atoms with Crippen molar-refractivity contribution in [3.63, 3.8) is 0 Å². The van der Waals surface area contributed by atoms with Crippen LogP contribution < -0.4 is 5.73 Å². The summed E-state index contributed by atoms with van der Waals surface area (Å²) in [4.78, 5) is 37.5. The summed E-state index contributed by atoms with van der Waals surface area (Å²) in [5.41, 5.74) is 8.52. The van der Waals surface area contributed by atoms with Gasteiger partial charge in [0.1, 0.15) is 17.8 Å². The van der Waals surface area contributed by atoms with Crippen LogP contribution in [-0.2, 0) is 9.53 Å². The number of halogens is 1. The molecule has 2 aliphatic rings. The average molecular weight is 496 g/mol. The van der Waals surface area contributed by atoms with Crippen LogP contribution in [-0.4, -0.2) is 80.8 Å². The Morgan fingerprint density at radius 2 is 1.94 bits per heavy atom. The predicted molar refractivity (Wildman–Crippen MR) is 132 cm³/mol. The summed E-state index contributed by atoms with van der Waals surface area (Å²) in [6, 6.07) is 5.09. The number of fused-ring (bicyclic) bond motifs is 1. The number of nitrogen functional groups attached to an aromatic ring is 1. The number of anilines is 1. The molecule has 10 nitrogen and oxygen atoms in total. The second-order valence-corrected chi connectivity index (χ2v) is 9.10. The van der Waals surface area contributed by atoms with E-state index >= 15 is 0 Å². The summed E-state index contributed by atoms with van der Waals surface area (Å²) in [5, 5.41) is 5.89. The van der Waals surface area contributed by atoms with Gasteiger partial charge in [0.2, 0.25) is 5.91 Å². The number of piperidine rings is 1. The van der Waals surface area contributed by atoms with Gasteiger partial charge in [0.05, 0.1) is 24.6 Å². The topological polar surface area (TPSA) is 119 Å². The van der Waals surface area contributed by atoms with Crippen molar-refractivity contribution < 1.29 is 14.3 Å². The van der Waals surface area contributed by atoms with Crippen molar-refractivity contribution in [1.29, 1.82) is 0 Å². The van der Waals surface area contributed by atoms with Gasteiger partial charge in [-0.1, -0.05) is 18.2 Å². The zero-order valence-electron chi connectivity index (χ0n) is 19.2. The van der Waals surface area contributed by atoms with Crippen LogP contribution in [0.1, 0.15) is 29.2 Å². The van der Waals surface area contributed by atoms with Crippen LogP contribution in [0.2, 0.25) is 5.02 Å². The second-order valence-electron chi connectivity index (χ2n) is 8.67. The first-order valence-corrected chi connectivity index (χ1v) is 11.9. The number of amides is 2. The number of hydrogen-bond donors (Lipinski definition) is 1. The van der Waals surface area contributed by atoms with Gasteiger partial charge in [0, 0.05) is 42.3 Å². The SMILES string of the molecule is C=CC(=O)N1CCCC(n2nc(-c3cc(Cl)cc(C(=O)N4CCOCC4)c3)c3c(N)ncnc32)C1. The lowest BCUT2D eigenvalue weighted by atomic mass is 10.0. The van der Waals surface area contributed by atoms with E-state index in [0.29, 0.717) is 72.3 Å². The highest BCUT2D eigenvalue weighted by molar-refractivity contribution is 6.31. The summed E-state index contributed by atoms with van der Waals surface area (Å²) in [6.07, 6.45) is 4.39. The molecule has 2 aromatic heterocycles. The Kier molecular flexibility index (Phi) is 6.40. The van der Waals surface area contributed by atoms with Crippen LogP contribution in [0, 0.1) is 0 Å². The van der Waals surface area contributed by atoms with Crippen LogP contribution in [0.3, 0.4) is 0 Å². The highest BCUT2D eigenvalue weighted by Crippen LogP contribution is 2.35. The van der Waals surface area contributed by atoms with Crippen LogP contribution >= 0.6 is 11.6 Å². The molecule has 11 heteroatoms. The van der Waals surface area contributed by atoms with E-state index in [1.807, 2.05) is 4.68 Å². The Hall–Kier alpha value is -3.50. The van der Waals surface area contributed by atoms with E-state index in [1.165, 1.54) is 12.4 Å². The van der Waals surface area contributed by atoms with Gasteiger partial charge in [0.15, 0.2) is 5.65 Å². The third-order valence-electron chi connectivity index (χ3n) is 6.46. The lowest BCUT2D eigenvalue weighted by Crippen LogP contribution is -2.40. The third-order valence-corrected chi connectivity index (χ3v) is 6.68. The average Bonchev–Trinajstić information content (AvgIpc) is 3.29. The molecule has 0 aliphatic carbocycles. The number of benzene rings is 1. The van der Waals surface area contributed by atoms with Gasteiger partial charge in [-0.2, -0.15) is 5.10 Å². The quantitative estimate of drug-likeness (QED) is 0.552. The summed E-state index contributed by atoms with van der Waals surface area (Å²) in [6.45, 7) is 6.84. The summed E-state index contributed by atoms with van der Waals surface area (Å²) >= 11 is 6.45. The van der Waals surface area contributed by atoms with Crippen molar-refractivity contribution in [3.05, 3.63) is 47.8 Å². The number of likely N-dealkylation sites (tertiary alicyclic amines) is 1. The lowest BCUT2D eigenvalue weighted by molar-refractivity contribution is -0.127. The third kappa shape index (κ3) is 4.46. The van der Waals surface area contributed by atoms with Gasteiger partial charge in [-0.3, -0.25) is 9.59 Å². The Bertz CT molecular complexity index is 1300. The minimum Gasteiger partial charge on any atom is -0.383 e. The number of hydrogen-bond acceptors (Lipinski definition) is 7. The van der Waals surface area contributed by atoms with Gasteiger partial charge < -0.3 is 20.3 Å². The van der Waals surface area contributed by atoms with Crippen molar-refractivity contribution in [2.24, 2.45) is 0 Å². The number of nitrogens with two attached hydrogens (primary N) is 1. The van der Waals surface area contributed by atoms with Gasteiger partial charge in [0.25, 0.3) is 5.91 Å². The molecule has 0 spiro atoms. The minimum absolute atomic E-state index is 0.0909. The molecule has 4 heterocycles. The molecule has 2 amide bonds. The molecule has 2 N–H and O–H groups in total. The molecule has 35 heavy (non-hydrogen) atoms. The van der Waals surface area contributed by atoms with Crippen LogP contribution in [0.15, 0.2) is 37.2 Å². The number of ether oxygens (including phenoxy) is 1. The zero-order valence-corrected chi connectivity index (χ0v) is 19.9. The molecule has 0 saturated carbocycles. The molecule has 5 rings (SSSR count). The van der Waals surface area contributed by atoms with Crippen LogP contribution in [0.4, 0.5) is 5.82 Å². The van der Waals surface area contributed by atoms with Gasteiger partial charge in [-0.25, -0.2) is 14.6 Å². The molecular formula is C24H26ClN7O3. The van der Waals surface area contributed by atoms with E-state index in [4.69, 9.17) is 27.2 Å². The fourth-order valence-electron chi connectivity index (χ4n) is 4.73. The molecule has 3 aromatic rings. The smallest absolute Gasteiger partial charge is 0.254 e. The summed E-state index contributed by atoms with van der Waals surface area (Å²) < 4.78 is 7.18. The standard InChI is InChI=1S/C24H26ClN7O3/c1-2-19(33)31-5-3-4-18(13-31)32-23-20(22(26)27-14-28-23)21(29-32)15-10-16(12-17(25)11-15)24(34)30-6-8-35-9-7-30/h2,10-12,14,18H,1,3-9,13H2,(H2,26,27,28). The maximum Gasteiger partial charge on any atom is 0.254 e. The van der Waals surface area contributed by atoms with Crippen molar-refractivity contribution >= 4 is 40.3 Å². The highest BCUT2D eigenvalue weighted by Gasteiger charge is 2.28. The predicted octanol–water partition coefficient (Wildman–Crippen LogP) is 2.55. The molecule has 0 radical (unpaired) electrons. The van der Waals surface area contributed by atoms with E-state index in [-0.39, 0.29) is 23.7 Å².